The largest absolute Gasteiger partial charge is 0.396 e. The van der Waals surface area contributed by atoms with Gasteiger partial charge >= 0.3 is 0 Å². The van der Waals surface area contributed by atoms with E-state index < -0.39 is 0 Å². The molecular formula is C10H17NO4. The monoisotopic (exact) mass is 215 g/mol. The normalized spacial score (nSPS) is 25.1. The standard InChI is InChI=1S/C10H17NO4/c12-5-1-4-11-9(13)8-10(15-11)2-6-14-7-3-10/h12H,1-8H2. The van der Waals surface area contributed by atoms with Gasteiger partial charge in [0.15, 0.2) is 0 Å². The fourth-order valence-corrected chi connectivity index (χ4v) is 2.08. The van der Waals surface area contributed by atoms with E-state index in [9.17, 15) is 4.79 Å². The van der Waals surface area contributed by atoms with Gasteiger partial charge in [-0.1, -0.05) is 0 Å². The third-order valence-electron chi connectivity index (χ3n) is 2.98. The number of rotatable bonds is 3. The van der Waals surface area contributed by atoms with Gasteiger partial charge < -0.3 is 9.84 Å². The summed E-state index contributed by atoms with van der Waals surface area (Å²) >= 11 is 0. The highest BCUT2D eigenvalue weighted by Gasteiger charge is 2.45. The molecule has 1 amide bonds. The van der Waals surface area contributed by atoms with Crippen LogP contribution in [0.15, 0.2) is 0 Å². The summed E-state index contributed by atoms with van der Waals surface area (Å²) in [5, 5.41) is 10.1. The van der Waals surface area contributed by atoms with Crippen LogP contribution in [0.2, 0.25) is 0 Å². The Morgan fingerprint density at radius 1 is 1.40 bits per heavy atom. The van der Waals surface area contributed by atoms with Gasteiger partial charge in [-0.2, -0.15) is 0 Å². The average Bonchev–Trinajstić information content (AvgIpc) is 2.53. The van der Waals surface area contributed by atoms with E-state index >= 15 is 0 Å². The first-order valence-corrected chi connectivity index (χ1v) is 5.44. The van der Waals surface area contributed by atoms with Crippen LogP contribution in [-0.2, 0) is 14.4 Å². The van der Waals surface area contributed by atoms with E-state index in [1.165, 1.54) is 5.06 Å². The molecule has 1 N–H and O–H groups in total. The van der Waals surface area contributed by atoms with E-state index in [-0.39, 0.29) is 18.1 Å². The quantitative estimate of drug-likeness (QED) is 0.724. The predicted molar refractivity (Wildman–Crippen MR) is 51.9 cm³/mol. The number of carbonyl (C=O) groups is 1. The summed E-state index contributed by atoms with van der Waals surface area (Å²) < 4.78 is 5.26. The van der Waals surface area contributed by atoms with Crippen LogP contribution in [0.4, 0.5) is 0 Å². The van der Waals surface area contributed by atoms with Crippen LogP contribution >= 0.6 is 0 Å². The third kappa shape index (κ3) is 2.30. The van der Waals surface area contributed by atoms with Gasteiger partial charge in [0.1, 0.15) is 5.60 Å². The Labute approximate surface area is 88.9 Å². The number of hydrogen-bond donors (Lipinski definition) is 1. The van der Waals surface area contributed by atoms with Gasteiger partial charge in [-0.05, 0) is 6.42 Å². The minimum Gasteiger partial charge on any atom is -0.396 e. The van der Waals surface area contributed by atoms with E-state index in [0.29, 0.717) is 32.6 Å². The number of aliphatic hydroxyl groups excluding tert-OH is 1. The first-order valence-electron chi connectivity index (χ1n) is 5.44. The summed E-state index contributed by atoms with van der Waals surface area (Å²) in [7, 11) is 0. The predicted octanol–water partition coefficient (Wildman–Crippen LogP) is 0.0819. The summed E-state index contributed by atoms with van der Waals surface area (Å²) in [6.45, 7) is 1.91. The van der Waals surface area contributed by atoms with Gasteiger partial charge in [0.25, 0.3) is 0 Å². The van der Waals surface area contributed by atoms with E-state index in [0.717, 1.165) is 12.8 Å². The van der Waals surface area contributed by atoms with Crippen molar-refractivity contribution in [3.05, 3.63) is 0 Å². The molecule has 86 valence electrons. The number of hydrogen-bond acceptors (Lipinski definition) is 4. The molecule has 0 bridgehead atoms. The minimum atomic E-state index is -0.315. The van der Waals surface area contributed by atoms with Crippen LogP contribution < -0.4 is 0 Å². The molecule has 0 saturated carbocycles. The highest BCUT2D eigenvalue weighted by atomic mass is 16.7. The molecule has 0 aliphatic carbocycles. The van der Waals surface area contributed by atoms with Gasteiger partial charge in [0.05, 0.1) is 13.0 Å². The van der Waals surface area contributed by atoms with Crippen LogP contribution in [0.25, 0.3) is 0 Å². The number of carbonyl (C=O) groups excluding carboxylic acids is 1. The Hall–Kier alpha value is -0.650. The maximum Gasteiger partial charge on any atom is 0.249 e. The summed E-state index contributed by atoms with van der Waals surface area (Å²) in [5.41, 5.74) is -0.315. The van der Waals surface area contributed by atoms with Gasteiger partial charge in [-0.25, -0.2) is 5.06 Å². The molecule has 0 aromatic heterocycles. The third-order valence-corrected chi connectivity index (χ3v) is 2.98. The zero-order valence-corrected chi connectivity index (χ0v) is 8.78. The molecule has 0 aromatic rings. The molecule has 2 saturated heterocycles. The number of nitrogens with zero attached hydrogens (tertiary/aromatic N) is 1. The fourth-order valence-electron chi connectivity index (χ4n) is 2.08. The lowest BCUT2D eigenvalue weighted by Crippen LogP contribution is -2.37. The van der Waals surface area contributed by atoms with Crippen molar-refractivity contribution in [2.75, 3.05) is 26.4 Å². The number of amides is 1. The molecule has 5 nitrogen and oxygen atoms in total. The summed E-state index contributed by atoms with van der Waals surface area (Å²) in [5.74, 6) is 0.0327. The van der Waals surface area contributed by atoms with Crippen molar-refractivity contribution in [2.24, 2.45) is 0 Å². The van der Waals surface area contributed by atoms with Gasteiger partial charge in [-0.3, -0.25) is 9.63 Å². The van der Waals surface area contributed by atoms with Crippen molar-refractivity contribution >= 4 is 5.91 Å². The summed E-state index contributed by atoms with van der Waals surface area (Å²) in [4.78, 5) is 17.3. The van der Waals surface area contributed by atoms with Crippen LogP contribution in [0.3, 0.4) is 0 Å². The molecule has 1 spiro atoms. The topological polar surface area (TPSA) is 59.0 Å². The van der Waals surface area contributed by atoms with Gasteiger partial charge in [0, 0.05) is 32.7 Å². The van der Waals surface area contributed by atoms with E-state index in [2.05, 4.69) is 0 Å². The molecule has 0 unspecified atom stereocenters. The van der Waals surface area contributed by atoms with Crippen molar-refractivity contribution in [2.45, 2.75) is 31.3 Å². The SMILES string of the molecule is O=C1CC2(CCOCC2)ON1CCCO. The smallest absolute Gasteiger partial charge is 0.249 e. The second-order valence-electron chi connectivity index (χ2n) is 4.14. The lowest BCUT2D eigenvalue weighted by molar-refractivity contribution is -0.217. The average molecular weight is 215 g/mol. The minimum absolute atomic E-state index is 0.0327. The molecule has 0 aromatic carbocycles. The molecule has 2 heterocycles. The zero-order chi connectivity index (χ0) is 10.7. The van der Waals surface area contributed by atoms with Crippen molar-refractivity contribution in [3.8, 4) is 0 Å². The fraction of sp³-hybridized carbons (Fsp3) is 0.900. The van der Waals surface area contributed by atoms with Crippen LogP contribution in [0, 0.1) is 0 Å². The molecular weight excluding hydrogens is 198 g/mol. The summed E-state index contributed by atoms with van der Waals surface area (Å²) in [6, 6.07) is 0. The van der Waals surface area contributed by atoms with Crippen LogP contribution in [0.1, 0.15) is 25.7 Å². The van der Waals surface area contributed by atoms with Gasteiger partial charge in [0.2, 0.25) is 5.91 Å². The Morgan fingerprint density at radius 2 is 2.13 bits per heavy atom. The Balaban J connectivity index is 1.92. The second kappa shape index (κ2) is 4.47. The zero-order valence-electron chi connectivity index (χ0n) is 8.78. The van der Waals surface area contributed by atoms with E-state index in [1.807, 2.05) is 0 Å². The number of aliphatic hydroxyl groups is 1. The van der Waals surface area contributed by atoms with Crippen LogP contribution in [0.5, 0.6) is 0 Å². The Kier molecular flexibility index (Phi) is 3.23. The number of hydroxylamine groups is 2. The molecule has 2 fully saturated rings. The lowest BCUT2D eigenvalue weighted by Gasteiger charge is -2.31. The summed E-state index contributed by atoms with van der Waals surface area (Å²) in [6.07, 6.45) is 2.60. The molecule has 2 aliphatic heterocycles. The maximum atomic E-state index is 11.6. The first kappa shape index (κ1) is 10.9. The van der Waals surface area contributed by atoms with Crippen molar-refractivity contribution < 1.29 is 19.5 Å². The van der Waals surface area contributed by atoms with Crippen molar-refractivity contribution in [3.63, 3.8) is 0 Å². The molecule has 0 atom stereocenters. The van der Waals surface area contributed by atoms with E-state index in [1.54, 1.807) is 0 Å². The van der Waals surface area contributed by atoms with Gasteiger partial charge in [-0.15, -0.1) is 0 Å². The van der Waals surface area contributed by atoms with Crippen molar-refractivity contribution in [1.29, 1.82) is 0 Å². The Morgan fingerprint density at radius 3 is 2.80 bits per heavy atom. The molecule has 5 heteroatoms. The molecule has 2 rings (SSSR count). The molecule has 15 heavy (non-hydrogen) atoms. The van der Waals surface area contributed by atoms with Crippen molar-refractivity contribution in [1.82, 2.24) is 5.06 Å². The van der Waals surface area contributed by atoms with Crippen LogP contribution in [-0.4, -0.2) is 48.0 Å². The lowest BCUT2D eigenvalue weighted by atomic mass is 9.91. The second-order valence-corrected chi connectivity index (χ2v) is 4.14. The Bertz CT molecular complexity index is 238. The molecule has 2 aliphatic rings. The maximum absolute atomic E-state index is 11.6. The highest BCUT2D eigenvalue weighted by Crippen LogP contribution is 2.35. The first-order chi connectivity index (χ1) is 7.26. The molecule has 0 radical (unpaired) electrons. The number of ether oxygens (including phenoxy) is 1. The highest BCUT2D eigenvalue weighted by molar-refractivity contribution is 5.78. The van der Waals surface area contributed by atoms with E-state index in [4.69, 9.17) is 14.7 Å².